The van der Waals surface area contributed by atoms with Gasteiger partial charge in [-0.3, -0.25) is 0 Å². The van der Waals surface area contributed by atoms with Crippen LogP contribution >= 0.6 is 0 Å². The summed E-state index contributed by atoms with van der Waals surface area (Å²) in [5, 5.41) is 9.13. The van der Waals surface area contributed by atoms with Gasteiger partial charge in [-0.25, -0.2) is 0 Å². The molecule has 0 atom stereocenters. The first-order valence-corrected chi connectivity index (χ1v) is 4.89. The Morgan fingerprint density at radius 2 is 1.75 bits per heavy atom. The van der Waals surface area contributed by atoms with Crippen LogP contribution in [0.2, 0.25) is 0 Å². The molecule has 1 aliphatic rings. The van der Waals surface area contributed by atoms with E-state index in [1.165, 1.54) is 12.8 Å². The zero-order valence-corrected chi connectivity index (χ0v) is 8.48. The van der Waals surface area contributed by atoms with Crippen LogP contribution in [0.3, 0.4) is 0 Å². The standard InChI is InChI=1S/C11H19N/c1-10(2,3)8-11(9-12)6-4-5-7-11/h4-8H2,1-3H3. The number of nitriles is 1. The van der Waals surface area contributed by atoms with Crippen molar-refractivity contribution in [2.75, 3.05) is 0 Å². The van der Waals surface area contributed by atoms with Crippen LogP contribution in [0.15, 0.2) is 0 Å². The van der Waals surface area contributed by atoms with Crippen molar-refractivity contribution in [3.8, 4) is 6.07 Å². The molecule has 0 aromatic heterocycles. The van der Waals surface area contributed by atoms with E-state index in [0.717, 1.165) is 19.3 Å². The third-order valence-electron chi connectivity index (χ3n) is 2.67. The Labute approximate surface area is 75.8 Å². The average molecular weight is 165 g/mol. The second-order valence-corrected chi connectivity index (χ2v) is 5.34. The molecule has 68 valence electrons. The Bertz CT molecular complexity index is 186. The van der Waals surface area contributed by atoms with E-state index in [4.69, 9.17) is 5.26 Å². The van der Waals surface area contributed by atoms with E-state index in [9.17, 15) is 0 Å². The molecule has 0 radical (unpaired) electrons. The molecule has 1 saturated carbocycles. The topological polar surface area (TPSA) is 23.8 Å². The molecule has 0 unspecified atom stereocenters. The molecular formula is C11H19N. The van der Waals surface area contributed by atoms with Crippen LogP contribution in [0, 0.1) is 22.2 Å². The molecule has 12 heavy (non-hydrogen) atoms. The van der Waals surface area contributed by atoms with Crippen molar-refractivity contribution in [1.82, 2.24) is 0 Å². The highest BCUT2D eigenvalue weighted by atomic mass is 14.4. The van der Waals surface area contributed by atoms with Crippen LogP contribution in [-0.4, -0.2) is 0 Å². The van der Waals surface area contributed by atoms with Gasteiger partial charge in [-0.1, -0.05) is 33.6 Å². The molecule has 0 aliphatic heterocycles. The lowest BCUT2D eigenvalue weighted by atomic mass is 9.74. The van der Waals surface area contributed by atoms with Crippen molar-refractivity contribution < 1.29 is 0 Å². The third kappa shape index (κ3) is 2.24. The van der Waals surface area contributed by atoms with Crippen LogP contribution in [0.25, 0.3) is 0 Å². The van der Waals surface area contributed by atoms with Gasteiger partial charge in [-0.05, 0) is 24.7 Å². The Morgan fingerprint density at radius 1 is 1.25 bits per heavy atom. The minimum absolute atomic E-state index is 0.0260. The van der Waals surface area contributed by atoms with Gasteiger partial charge in [0.05, 0.1) is 11.5 Å². The Balaban J connectivity index is 2.64. The molecular weight excluding hydrogens is 146 g/mol. The summed E-state index contributed by atoms with van der Waals surface area (Å²) in [7, 11) is 0. The summed E-state index contributed by atoms with van der Waals surface area (Å²) in [6, 6.07) is 2.53. The summed E-state index contributed by atoms with van der Waals surface area (Å²) in [5.41, 5.74) is 0.332. The van der Waals surface area contributed by atoms with Gasteiger partial charge in [-0.15, -0.1) is 0 Å². The Kier molecular flexibility index (Phi) is 2.46. The number of hydrogen-bond donors (Lipinski definition) is 0. The van der Waals surface area contributed by atoms with E-state index in [1.807, 2.05) is 0 Å². The van der Waals surface area contributed by atoms with Crippen molar-refractivity contribution in [2.24, 2.45) is 10.8 Å². The third-order valence-corrected chi connectivity index (χ3v) is 2.67. The van der Waals surface area contributed by atoms with Gasteiger partial charge in [0.1, 0.15) is 0 Å². The van der Waals surface area contributed by atoms with Crippen LogP contribution in [-0.2, 0) is 0 Å². The zero-order chi connectivity index (χ0) is 9.24. The van der Waals surface area contributed by atoms with E-state index in [1.54, 1.807) is 0 Å². The fraction of sp³-hybridized carbons (Fsp3) is 0.909. The van der Waals surface area contributed by atoms with Crippen molar-refractivity contribution in [2.45, 2.75) is 52.9 Å². The Hall–Kier alpha value is -0.510. The maximum Gasteiger partial charge on any atom is 0.0689 e. The quantitative estimate of drug-likeness (QED) is 0.583. The fourth-order valence-electron chi connectivity index (χ4n) is 2.40. The maximum atomic E-state index is 9.13. The average Bonchev–Trinajstić information content (AvgIpc) is 2.34. The second-order valence-electron chi connectivity index (χ2n) is 5.34. The van der Waals surface area contributed by atoms with Gasteiger partial charge in [0.2, 0.25) is 0 Å². The first-order valence-electron chi connectivity index (χ1n) is 4.89. The molecule has 1 heteroatoms. The minimum Gasteiger partial charge on any atom is -0.198 e. The van der Waals surface area contributed by atoms with E-state index in [-0.39, 0.29) is 5.41 Å². The molecule has 1 fully saturated rings. The molecule has 0 amide bonds. The molecule has 1 aliphatic carbocycles. The molecule has 0 aromatic rings. The van der Waals surface area contributed by atoms with Crippen LogP contribution in [0.4, 0.5) is 0 Å². The van der Waals surface area contributed by atoms with Crippen LogP contribution in [0.1, 0.15) is 52.9 Å². The predicted octanol–water partition coefficient (Wildman–Crippen LogP) is 3.51. The number of nitrogens with zero attached hydrogens (tertiary/aromatic N) is 1. The SMILES string of the molecule is CC(C)(C)CC1(C#N)CCCC1. The molecule has 0 bridgehead atoms. The van der Waals surface area contributed by atoms with E-state index < -0.39 is 0 Å². The molecule has 0 saturated heterocycles. The van der Waals surface area contributed by atoms with Gasteiger partial charge in [0.25, 0.3) is 0 Å². The second kappa shape index (κ2) is 3.09. The summed E-state index contributed by atoms with van der Waals surface area (Å²) in [5.74, 6) is 0. The summed E-state index contributed by atoms with van der Waals surface area (Å²) in [6.45, 7) is 6.68. The van der Waals surface area contributed by atoms with Gasteiger partial charge >= 0.3 is 0 Å². The smallest absolute Gasteiger partial charge is 0.0689 e. The Morgan fingerprint density at radius 3 is 2.08 bits per heavy atom. The lowest BCUT2D eigenvalue weighted by Crippen LogP contribution is -2.22. The minimum atomic E-state index is 0.0260. The van der Waals surface area contributed by atoms with Gasteiger partial charge in [0.15, 0.2) is 0 Å². The maximum absolute atomic E-state index is 9.13. The molecule has 0 spiro atoms. The largest absolute Gasteiger partial charge is 0.198 e. The summed E-state index contributed by atoms with van der Waals surface area (Å²) in [6.07, 6.45) is 5.82. The lowest BCUT2D eigenvalue weighted by molar-refractivity contribution is 0.236. The highest BCUT2D eigenvalue weighted by molar-refractivity contribution is 5.03. The van der Waals surface area contributed by atoms with Gasteiger partial charge in [0, 0.05) is 0 Å². The first kappa shape index (κ1) is 9.58. The summed E-state index contributed by atoms with van der Waals surface area (Å²) in [4.78, 5) is 0. The number of rotatable bonds is 1. The number of hydrogen-bond acceptors (Lipinski definition) is 1. The highest BCUT2D eigenvalue weighted by Crippen LogP contribution is 2.45. The molecule has 0 N–H and O–H groups in total. The van der Waals surface area contributed by atoms with Gasteiger partial charge < -0.3 is 0 Å². The van der Waals surface area contributed by atoms with Crippen molar-refractivity contribution in [1.29, 1.82) is 5.26 Å². The van der Waals surface area contributed by atoms with Crippen LogP contribution < -0.4 is 0 Å². The van der Waals surface area contributed by atoms with E-state index in [2.05, 4.69) is 26.8 Å². The molecule has 0 heterocycles. The van der Waals surface area contributed by atoms with E-state index in [0.29, 0.717) is 5.41 Å². The first-order chi connectivity index (χ1) is 5.47. The van der Waals surface area contributed by atoms with Crippen LogP contribution in [0.5, 0.6) is 0 Å². The zero-order valence-electron chi connectivity index (χ0n) is 8.48. The molecule has 0 aromatic carbocycles. The molecule has 1 rings (SSSR count). The van der Waals surface area contributed by atoms with Crippen molar-refractivity contribution in [3.63, 3.8) is 0 Å². The lowest BCUT2D eigenvalue weighted by Gasteiger charge is -2.29. The molecule has 1 nitrogen and oxygen atoms in total. The summed E-state index contributed by atoms with van der Waals surface area (Å²) < 4.78 is 0. The monoisotopic (exact) mass is 165 g/mol. The summed E-state index contributed by atoms with van der Waals surface area (Å²) >= 11 is 0. The van der Waals surface area contributed by atoms with Crippen molar-refractivity contribution in [3.05, 3.63) is 0 Å². The van der Waals surface area contributed by atoms with Gasteiger partial charge in [-0.2, -0.15) is 5.26 Å². The van der Waals surface area contributed by atoms with Crippen molar-refractivity contribution >= 4 is 0 Å². The highest BCUT2D eigenvalue weighted by Gasteiger charge is 2.37. The fourth-order valence-corrected chi connectivity index (χ4v) is 2.40. The predicted molar refractivity (Wildman–Crippen MR) is 50.6 cm³/mol. The normalized spacial score (nSPS) is 22.2. The van der Waals surface area contributed by atoms with E-state index >= 15 is 0 Å².